The van der Waals surface area contributed by atoms with Crippen molar-refractivity contribution >= 4 is 0 Å². The van der Waals surface area contributed by atoms with Crippen LogP contribution in [0.1, 0.15) is 31.5 Å². The van der Waals surface area contributed by atoms with E-state index in [0.29, 0.717) is 6.04 Å². The van der Waals surface area contributed by atoms with Gasteiger partial charge in [-0.15, -0.1) is 0 Å². The zero-order valence-electron chi connectivity index (χ0n) is 9.85. The van der Waals surface area contributed by atoms with E-state index < -0.39 is 0 Å². The Bertz CT molecular complexity index is 288. The topological polar surface area (TPSA) is 54.2 Å². The lowest BCUT2D eigenvalue weighted by atomic mass is 9.99. The standard InChI is InChI=1S/C11H20N4O/c1-12-6-5-10-4-2-3-7-15(10)8-11-13-9-16-14-11/h9-10,12H,2-8H2,1H3. The summed E-state index contributed by atoms with van der Waals surface area (Å²) in [4.78, 5) is 6.57. The highest BCUT2D eigenvalue weighted by Crippen LogP contribution is 2.20. The SMILES string of the molecule is CNCCC1CCCCN1Cc1ncon1. The highest BCUT2D eigenvalue weighted by atomic mass is 16.5. The molecule has 16 heavy (non-hydrogen) atoms. The molecule has 5 heteroatoms. The molecule has 0 amide bonds. The maximum absolute atomic E-state index is 4.77. The average Bonchev–Trinajstić information content (AvgIpc) is 2.81. The number of nitrogens with one attached hydrogen (secondary N) is 1. The minimum atomic E-state index is 0.666. The monoisotopic (exact) mass is 224 g/mol. The van der Waals surface area contributed by atoms with Gasteiger partial charge in [-0.25, -0.2) is 0 Å². The van der Waals surface area contributed by atoms with Crippen LogP contribution in [0.4, 0.5) is 0 Å². The van der Waals surface area contributed by atoms with Crippen LogP contribution in [-0.2, 0) is 6.54 Å². The Labute approximate surface area is 96.2 Å². The molecule has 0 spiro atoms. The van der Waals surface area contributed by atoms with Crippen LogP contribution in [0.15, 0.2) is 10.9 Å². The van der Waals surface area contributed by atoms with Gasteiger partial charge >= 0.3 is 0 Å². The molecule has 1 N–H and O–H groups in total. The van der Waals surface area contributed by atoms with Gasteiger partial charge in [0.1, 0.15) is 0 Å². The number of aromatic nitrogens is 2. The molecule has 0 aromatic carbocycles. The first-order chi connectivity index (χ1) is 7.90. The summed E-state index contributed by atoms with van der Waals surface area (Å²) < 4.78 is 4.77. The zero-order valence-corrected chi connectivity index (χ0v) is 9.85. The predicted molar refractivity (Wildman–Crippen MR) is 60.9 cm³/mol. The molecule has 0 aliphatic carbocycles. The fourth-order valence-electron chi connectivity index (χ4n) is 2.35. The number of hydrogen-bond donors (Lipinski definition) is 1. The van der Waals surface area contributed by atoms with Crippen LogP contribution in [-0.4, -0.2) is 41.2 Å². The molecule has 2 heterocycles. The molecule has 1 saturated heterocycles. The van der Waals surface area contributed by atoms with Crippen molar-refractivity contribution in [3.63, 3.8) is 0 Å². The molecular formula is C11H20N4O. The van der Waals surface area contributed by atoms with E-state index in [0.717, 1.165) is 25.5 Å². The molecule has 1 aliphatic heterocycles. The Morgan fingerprint density at radius 1 is 1.56 bits per heavy atom. The quantitative estimate of drug-likeness (QED) is 0.809. The first-order valence-corrected chi connectivity index (χ1v) is 6.04. The van der Waals surface area contributed by atoms with Crippen LogP contribution < -0.4 is 5.32 Å². The molecule has 5 nitrogen and oxygen atoms in total. The van der Waals surface area contributed by atoms with Crippen LogP contribution in [0.3, 0.4) is 0 Å². The average molecular weight is 224 g/mol. The summed E-state index contributed by atoms with van der Waals surface area (Å²) in [6.07, 6.45) is 6.53. The number of nitrogens with zero attached hydrogens (tertiary/aromatic N) is 3. The third-order valence-corrected chi connectivity index (χ3v) is 3.23. The van der Waals surface area contributed by atoms with Crippen molar-refractivity contribution in [1.29, 1.82) is 0 Å². The van der Waals surface area contributed by atoms with Crippen molar-refractivity contribution < 1.29 is 4.52 Å². The van der Waals surface area contributed by atoms with E-state index in [1.165, 1.54) is 32.1 Å². The van der Waals surface area contributed by atoms with Gasteiger partial charge in [0.2, 0.25) is 6.39 Å². The van der Waals surface area contributed by atoms with Crippen molar-refractivity contribution in [3.8, 4) is 0 Å². The minimum absolute atomic E-state index is 0.666. The van der Waals surface area contributed by atoms with Crippen molar-refractivity contribution in [2.24, 2.45) is 0 Å². The van der Waals surface area contributed by atoms with Crippen LogP contribution >= 0.6 is 0 Å². The Kier molecular flexibility index (Phi) is 4.30. The summed E-state index contributed by atoms with van der Waals surface area (Å²) >= 11 is 0. The predicted octanol–water partition coefficient (Wildman–Crippen LogP) is 1.03. The van der Waals surface area contributed by atoms with Gasteiger partial charge in [-0.3, -0.25) is 4.90 Å². The second kappa shape index (κ2) is 5.96. The van der Waals surface area contributed by atoms with E-state index in [4.69, 9.17) is 4.52 Å². The van der Waals surface area contributed by atoms with E-state index >= 15 is 0 Å². The maximum Gasteiger partial charge on any atom is 0.213 e. The molecule has 0 bridgehead atoms. The first kappa shape index (κ1) is 11.5. The minimum Gasteiger partial charge on any atom is -0.343 e. The Hall–Kier alpha value is -0.940. The summed E-state index contributed by atoms with van der Waals surface area (Å²) in [5, 5.41) is 7.10. The second-order valence-corrected chi connectivity index (χ2v) is 4.36. The summed E-state index contributed by atoms with van der Waals surface area (Å²) in [6, 6.07) is 0.666. The number of likely N-dealkylation sites (tertiary alicyclic amines) is 1. The van der Waals surface area contributed by atoms with Gasteiger partial charge in [0.15, 0.2) is 5.82 Å². The molecule has 0 radical (unpaired) electrons. The third-order valence-electron chi connectivity index (χ3n) is 3.23. The Morgan fingerprint density at radius 3 is 3.25 bits per heavy atom. The first-order valence-electron chi connectivity index (χ1n) is 6.04. The molecule has 1 aliphatic rings. The largest absolute Gasteiger partial charge is 0.343 e. The third kappa shape index (κ3) is 3.02. The summed E-state index contributed by atoms with van der Waals surface area (Å²) in [6.45, 7) is 3.06. The highest BCUT2D eigenvalue weighted by molar-refractivity contribution is 4.84. The molecule has 0 saturated carbocycles. The van der Waals surface area contributed by atoms with Crippen molar-refractivity contribution in [2.45, 2.75) is 38.3 Å². The lowest BCUT2D eigenvalue weighted by molar-refractivity contribution is 0.128. The van der Waals surface area contributed by atoms with Gasteiger partial charge in [0.25, 0.3) is 0 Å². The highest BCUT2D eigenvalue weighted by Gasteiger charge is 2.22. The fourth-order valence-corrected chi connectivity index (χ4v) is 2.35. The van der Waals surface area contributed by atoms with E-state index in [1.54, 1.807) is 0 Å². The lowest BCUT2D eigenvalue weighted by Gasteiger charge is -2.34. The van der Waals surface area contributed by atoms with Gasteiger partial charge in [-0.1, -0.05) is 11.6 Å². The van der Waals surface area contributed by atoms with Crippen molar-refractivity contribution in [3.05, 3.63) is 12.2 Å². The number of hydrogen-bond acceptors (Lipinski definition) is 5. The van der Waals surface area contributed by atoms with Crippen molar-refractivity contribution in [1.82, 2.24) is 20.4 Å². The molecule has 2 rings (SSSR count). The van der Waals surface area contributed by atoms with Gasteiger partial charge in [-0.05, 0) is 39.4 Å². The van der Waals surface area contributed by atoms with E-state index in [1.807, 2.05) is 7.05 Å². The van der Waals surface area contributed by atoms with Gasteiger partial charge < -0.3 is 9.84 Å². The zero-order chi connectivity index (χ0) is 11.2. The summed E-state index contributed by atoms with van der Waals surface area (Å²) in [5.74, 6) is 0.802. The van der Waals surface area contributed by atoms with Crippen LogP contribution in [0.5, 0.6) is 0 Å². The maximum atomic E-state index is 4.77. The molecular weight excluding hydrogens is 204 g/mol. The lowest BCUT2D eigenvalue weighted by Crippen LogP contribution is -2.40. The van der Waals surface area contributed by atoms with Crippen LogP contribution in [0.25, 0.3) is 0 Å². The molecule has 1 fully saturated rings. The molecule has 90 valence electrons. The van der Waals surface area contributed by atoms with E-state index in [9.17, 15) is 0 Å². The molecule has 1 aromatic heterocycles. The van der Waals surface area contributed by atoms with Crippen LogP contribution in [0.2, 0.25) is 0 Å². The molecule has 1 unspecified atom stereocenters. The van der Waals surface area contributed by atoms with Crippen molar-refractivity contribution in [2.75, 3.05) is 20.1 Å². The summed E-state index contributed by atoms with van der Waals surface area (Å²) in [7, 11) is 2.01. The van der Waals surface area contributed by atoms with E-state index in [2.05, 4.69) is 20.4 Å². The number of rotatable bonds is 5. The Balaban J connectivity index is 1.88. The Morgan fingerprint density at radius 2 is 2.50 bits per heavy atom. The summed E-state index contributed by atoms with van der Waals surface area (Å²) in [5.41, 5.74) is 0. The smallest absolute Gasteiger partial charge is 0.213 e. The van der Waals surface area contributed by atoms with Gasteiger partial charge in [0, 0.05) is 6.04 Å². The fraction of sp³-hybridized carbons (Fsp3) is 0.818. The van der Waals surface area contributed by atoms with Gasteiger partial charge in [0.05, 0.1) is 6.54 Å². The van der Waals surface area contributed by atoms with Crippen LogP contribution in [0, 0.1) is 0 Å². The van der Waals surface area contributed by atoms with E-state index in [-0.39, 0.29) is 0 Å². The number of piperidine rings is 1. The second-order valence-electron chi connectivity index (χ2n) is 4.36. The molecule has 1 atom stereocenters. The molecule has 1 aromatic rings. The van der Waals surface area contributed by atoms with Gasteiger partial charge in [-0.2, -0.15) is 4.98 Å². The normalized spacial score (nSPS) is 22.4.